The molecule has 1 aliphatic carbocycles. The summed E-state index contributed by atoms with van der Waals surface area (Å²) >= 11 is 0. The van der Waals surface area contributed by atoms with E-state index in [1.165, 1.54) is 12.8 Å². The number of rotatable bonds is 3. The third kappa shape index (κ3) is 3.84. The lowest BCUT2D eigenvalue weighted by Gasteiger charge is -2.21. The maximum atomic E-state index is 12.7. The van der Waals surface area contributed by atoms with Crippen LogP contribution in [0, 0.1) is 6.92 Å². The Kier molecular flexibility index (Phi) is 4.82. The van der Waals surface area contributed by atoms with Crippen LogP contribution in [0.4, 0.5) is 10.5 Å². The van der Waals surface area contributed by atoms with Crippen LogP contribution in [0.3, 0.4) is 0 Å². The summed E-state index contributed by atoms with van der Waals surface area (Å²) in [4.78, 5) is 14.6. The summed E-state index contributed by atoms with van der Waals surface area (Å²) in [5.41, 5.74) is 2.87. The molecule has 1 saturated carbocycles. The molecule has 2 aliphatic rings. The van der Waals surface area contributed by atoms with Gasteiger partial charge >= 0.3 is 6.03 Å². The topological polar surface area (TPSA) is 59.4 Å². The summed E-state index contributed by atoms with van der Waals surface area (Å²) in [6.45, 7) is 4.16. The fourth-order valence-electron chi connectivity index (χ4n) is 3.83. The molecular formula is C20H26N4O2. The molecule has 2 amide bonds. The van der Waals surface area contributed by atoms with E-state index in [1.54, 1.807) is 0 Å². The predicted molar refractivity (Wildman–Crippen MR) is 100 cm³/mol. The number of ether oxygens (including phenoxy) is 1. The van der Waals surface area contributed by atoms with Gasteiger partial charge in [-0.15, -0.1) is 0 Å². The second-order valence-electron chi connectivity index (χ2n) is 7.26. The molecule has 2 heterocycles. The number of nitrogens with zero attached hydrogens (tertiary/aromatic N) is 3. The van der Waals surface area contributed by atoms with Crippen LogP contribution in [0.2, 0.25) is 0 Å². The number of aryl methyl sites for hydroxylation is 2. The molecule has 0 unspecified atom stereocenters. The molecule has 1 aromatic carbocycles. The van der Waals surface area contributed by atoms with Crippen molar-refractivity contribution in [3.63, 3.8) is 0 Å². The van der Waals surface area contributed by atoms with E-state index in [2.05, 4.69) is 16.5 Å². The van der Waals surface area contributed by atoms with E-state index < -0.39 is 0 Å². The van der Waals surface area contributed by atoms with E-state index in [9.17, 15) is 4.79 Å². The summed E-state index contributed by atoms with van der Waals surface area (Å²) in [6.07, 6.45) is 5.95. The van der Waals surface area contributed by atoms with Gasteiger partial charge in [-0.2, -0.15) is 5.10 Å². The predicted octanol–water partition coefficient (Wildman–Crippen LogP) is 3.95. The van der Waals surface area contributed by atoms with Gasteiger partial charge in [-0.25, -0.2) is 4.79 Å². The second kappa shape index (κ2) is 7.40. The van der Waals surface area contributed by atoms with E-state index in [0.29, 0.717) is 12.6 Å². The van der Waals surface area contributed by atoms with E-state index >= 15 is 0 Å². The zero-order chi connectivity index (χ0) is 17.9. The largest absolute Gasteiger partial charge is 0.490 e. The van der Waals surface area contributed by atoms with Crippen molar-refractivity contribution >= 4 is 11.7 Å². The van der Waals surface area contributed by atoms with Gasteiger partial charge in [0.2, 0.25) is 0 Å². The van der Waals surface area contributed by atoms with E-state index in [-0.39, 0.29) is 6.03 Å². The number of benzene rings is 1. The molecule has 1 aliphatic heterocycles. The number of anilines is 1. The second-order valence-corrected chi connectivity index (χ2v) is 7.26. The fraction of sp³-hybridized carbons (Fsp3) is 0.500. The van der Waals surface area contributed by atoms with E-state index in [0.717, 1.165) is 55.2 Å². The maximum Gasteiger partial charge on any atom is 0.322 e. The molecule has 1 aromatic heterocycles. The molecule has 2 aromatic rings. The number of carbonyl (C=O) groups is 1. The van der Waals surface area contributed by atoms with Crippen molar-refractivity contribution in [2.45, 2.75) is 58.2 Å². The number of urea groups is 1. The number of nitrogens with one attached hydrogen (secondary N) is 1. The Balaban J connectivity index is 1.41. The molecule has 0 saturated heterocycles. The Morgan fingerprint density at radius 3 is 2.88 bits per heavy atom. The number of carbonyl (C=O) groups excluding carboxylic acids is 1. The standard InChI is InChI=1S/C20H26N4O2/c1-15-12-17-14-23(10-5-11-24(17)22-15)20(25)21-16-6-4-9-19(13-16)26-18-7-2-3-8-18/h4,6,9,12-13,18H,2-3,5,7-8,10-11,14H2,1H3,(H,21,25). The molecule has 0 radical (unpaired) electrons. The van der Waals surface area contributed by atoms with Crippen molar-refractivity contribution in [2.24, 2.45) is 0 Å². The van der Waals surface area contributed by atoms with E-state index in [1.807, 2.05) is 40.8 Å². The highest BCUT2D eigenvalue weighted by Crippen LogP contribution is 2.26. The van der Waals surface area contributed by atoms with E-state index in [4.69, 9.17) is 4.74 Å². The first-order valence-corrected chi connectivity index (χ1v) is 9.53. The molecular weight excluding hydrogens is 328 g/mol. The maximum absolute atomic E-state index is 12.7. The Morgan fingerprint density at radius 1 is 1.19 bits per heavy atom. The van der Waals surface area contributed by atoms with Gasteiger partial charge in [-0.05, 0) is 57.2 Å². The minimum atomic E-state index is -0.0738. The molecule has 6 heteroatoms. The van der Waals surface area contributed by atoms with Crippen LogP contribution >= 0.6 is 0 Å². The highest BCUT2D eigenvalue weighted by Gasteiger charge is 2.21. The van der Waals surface area contributed by atoms with Gasteiger partial charge in [0, 0.05) is 24.8 Å². The third-order valence-corrected chi connectivity index (χ3v) is 5.11. The minimum Gasteiger partial charge on any atom is -0.490 e. The molecule has 138 valence electrons. The summed E-state index contributed by atoms with van der Waals surface area (Å²) in [6, 6.07) is 9.70. The zero-order valence-electron chi connectivity index (χ0n) is 15.3. The molecule has 26 heavy (non-hydrogen) atoms. The lowest BCUT2D eigenvalue weighted by molar-refractivity contribution is 0.209. The lowest BCUT2D eigenvalue weighted by Crippen LogP contribution is -2.34. The van der Waals surface area contributed by atoms with Crippen molar-refractivity contribution in [1.82, 2.24) is 14.7 Å². The fourth-order valence-corrected chi connectivity index (χ4v) is 3.83. The number of hydrogen-bond acceptors (Lipinski definition) is 3. The summed E-state index contributed by atoms with van der Waals surface area (Å²) < 4.78 is 8.05. The molecule has 0 atom stereocenters. The Morgan fingerprint density at radius 2 is 2.04 bits per heavy atom. The van der Waals surface area contributed by atoms with Gasteiger partial charge in [0.25, 0.3) is 0 Å². The SMILES string of the molecule is Cc1cc2n(n1)CCCN(C(=O)Nc1cccc(OC3CCCC3)c1)C2. The van der Waals surface area contributed by atoms with Crippen molar-refractivity contribution in [3.05, 3.63) is 41.7 Å². The van der Waals surface area contributed by atoms with Gasteiger partial charge in [0.1, 0.15) is 5.75 Å². The van der Waals surface area contributed by atoms with Crippen LogP contribution in [-0.2, 0) is 13.1 Å². The zero-order valence-corrected chi connectivity index (χ0v) is 15.3. The number of aromatic nitrogens is 2. The van der Waals surface area contributed by atoms with Crippen molar-refractivity contribution in [3.8, 4) is 5.75 Å². The van der Waals surface area contributed by atoms with Gasteiger partial charge in [-0.3, -0.25) is 4.68 Å². The Labute approximate surface area is 154 Å². The number of hydrogen-bond donors (Lipinski definition) is 1. The van der Waals surface area contributed by atoms with Crippen LogP contribution in [0.15, 0.2) is 30.3 Å². The first kappa shape index (κ1) is 16.9. The normalized spacial score (nSPS) is 17.7. The lowest BCUT2D eigenvalue weighted by atomic mass is 10.2. The third-order valence-electron chi connectivity index (χ3n) is 5.11. The quantitative estimate of drug-likeness (QED) is 0.908. The van der Waals surface area contributed by atoms with Crippen molar-refractivity contribution in [2.75, 3.05) is 11.9 Å². The number of amides is 2. The Hall–Kier alpha value is -2.50. The molecule has 0 spiro atoms. The van der Waals surface area contributed by atoms with Gasteiger partial charge in [0.05, 0.1) is 24.0 Å². The molecule has 0 bridgehead atoms. The van der Waals surface area contributed by atoms with Crippen LogP contribution in [0.1, 0.15) is 43.5 Å². The molecule has 1 fully saturated rings. The molecule has 6 nitrogen and oxygen atoms in total. The van der Waals surface area contributed by atoms with Gasteiger partial charge in [0.15, 0.2) is 0 Å². The average molecular weight is 354 g/mol. The van der Waals surface area contributed by atoms with Crippen molar-refractivity contribution in [1.29, 1.82) is 0 Å². The first-order chi connectivity index (χ1) is 12.7. The smallest absolute Gasteiger partial charge is 0.322 e. The minimum absolute atomic E-state index is 0.0738. The van der Waals surface area contributed by atoms with Gasteiger partial charge in [-0.1, -0.05) is 6.07 Å². The van der Waals surface area contributed by atoms with Crippen LogP contribution in [-0.4, -0.2) is 33.4 Å². The van der Waals surface area contributed by atoms with Crippen molar-refractivity contribution < 1.29 is 9.53 Å². The average Bonchev–Trinajstić information content (AvgIpc) is 3.19. The first-order valence-electron chi connectivity index (χ1n) is 9.53. The Bertz CT molecular complexity index is 780. The van der Waals surface area contributed by atoms with Crippen LogP contribution in [0.25, 0.3) is 0 Å². The highest BCUT2D eigenvalue weighted by atomic mass is 16.5. The summed E-state index contributed by atoms with van der Waals surface area (Å²) in [5, 5.41) is 7.51. The van der Waals surface area contributed by atoms with Crippen LogP contribution in [0.5, 0.6) is 5.75 Å². The molecule has 1 N–H and O–H groups in total. The number of fused-ring (bicyclic) bond motifs is 1. The molecule has 4 rings (SSSR count). The van der Waals surface area contributed by atoms with Gasteiger partial charge < -0.3 is 15.0 Å². The highest BCUT2D eigenvalue weighted by molar-refractivity contribution is 5.89. The van der Waals surface area contributed by atoms with Crippen LogP contribution < -0.4 is 10.1 Å². The monoisotopic (exact) mass is 354 g/mol. The summed E-state index contributed by atoms with van der Waals surface area (Å²) in [7, 11) is 0. The summed E-state index contributed by atoms with van der Waals surface area (Å²) in [5.74, 6) is 0.833.